The fourth-order valence-corrected chi connectivity index (χ4v) is 2.16. The molecule has 0 unspecified atom stereocenters. The number of hydrogen-bond donors (Lipinski definition) is 0. The van der Waals surface area contributed by atoms with E-state index in [1.807, 2.05) is 0 Å². The van der Waals surface area contributed by atoms with Gasteiger partial charge in [-0.2, -0.15) is 0 Å². The first-order chi connectivity index (χ1) is 7.21. The van der Waals surface area contributed by atoms with Gasteiger partial charge in [0.2, 0.25) is 0 Å². The van der Waals surface area contributed by atoms with E-state index in [0.29, 0.717) is 0 Å². The monoisotopic (exact) mass is 224 g/mol. The van der Waals surface area contributed by atoms with Crippen LogP contribution >= 0.6 is 0 Å². The summed E-state index contributed by atoms with van der Waals surface area (Å²) in [5.74, 6) is 0. The van der Waals surface area contributed by atoms with Gasteiger partial charge >= 0.3 is 8.80 Å². The second-order valence-electron chi connectivity index (χ2n) is 3.00. The van der Waals surface area contributed by atoms with E-state index in [0.717, 1.165) is 0 Å². The summed E-state index contributed by atoms with van der Waals surface area (Å²) < 4.78 is 14.9. The molecule has 0 saturated heterocycles. The third kappa shape index (κ3) is 2.54. The van der Waals surface area contributed by atoms with Gasteiger partial charge in [0, 0.05) is 21.3 Å². The molecule has 0 N–H and O–H groups in total. The number of rotatable bonds is 4. The third-order valence-corrected chi connectivity index (χ3v) is 4.53. The van der Waals surface area contributed by atoms with Crippen LogP contribution < -0.4 is 0 Å². The van der Waals surface area contributed by atoms with Crippen LogP contribution in [0.25, 0.3) is 11.1 Å². The largest absolute Gasteiger partial charge is 0.528 e. The molecule has 0 aromatic heterocycles. The lowest BCUT2D eigenvalue weighted by Gasteiger charge is -2.19. The van der Waals surface area contributed by atoms with Crippen LogP contribution in [0, 0.1) is 0 Å². The van der Waals surface area contributed by atoms with E-state index in [-0.39, 0.29) is 0 Å². The van der Waals surface area contributed by atoms with Crippen LogP contribution in [-0.2, 0) is 13.3 Å². The summed E-state index contributed by atoms with van der Waals surface area (Å²) in [6.07, 6.45) is 0. The average molecular weight is 224 g/mol. The Kier molecular flexibility index (Phi) is 4.23. The van der Waals surface area contributed by atoms with Gasteiger partial charge in [0.05, 0.1) is 0 Å². The Bertz CT molecular complexity index is 288. The first kappa shape index (κ1) is 12.1. The second-order valence-corrected chi connectivity index (χ2v) is 5.84. The predicted molar refractivity (Wildman–Crippen MR) is 62.4 cm³/mol. The fourth-order valence-electron chi connectivity index (χ4n) is 1.16. The summed E-state index contributed by atoms with van der Waals surface area (Å²) in [5.41, 5.74) is 4.43. The summed E-state index contributed by atoms with van der Waals surface area (Å²) in [6, 6.07) is 8.48. The van der Waals surface area contributed by atoms with Crippen LogP contribution in [0.4, 0.5) is 0 Å². The molecule has 0 heterocycles. The number of benzene rings is 1. The van der Waals surface area contributed by atoms with Crippen molar-refractivity contribution in [3.05, 3.63) is 36.5 Å². The van der Waals surface area contributed by atoms with Gasteiger partial charge in [0.15, 0.2) is 0 Å². The van der Waals surface area contributed by atoms with Crippen LogP contribution in [0.15, 0.2) is 36.5 Å². The lowest BCUT2D eigenvalue weighted by molar-refractivity contribution is 0.138. The van der Waals surface area contributed by atoms with E-state index in [4.69, 9.17) is 13.3 Å². The SMILES string of the molecule is C=C[Si](OC)(OC)OC.c1cc2ccc1-2. The molecule has 3 nitrogen and oxygen atoms in total. The van der Waals surface area contributed by atoms with E-state index >= 15 is 0 Å². The molecular formula is C11H16O3Si. The molecular weight excluding hydrogens is 208 g/mol. The van der Waals surface area contributed by atoms with Crippen LogP contribution in [-0.4, -0.2) is 30.1 Å². The highest BCUT2D eigenvalue weighted by Crippen LogP contribution is 2.29. The zero-order valence-corrected chi connectivity index (χ0v) is 10.3. The van der Waals surface area contributed by atoms with Gasteiger partial charge in [-0.1, -0.05) is 30.8 Å². The Labute approximate surface area is 91.7 Å². The molecule has 15 heavy (non-hydrogen) atoms. The van der Waals surface area contributed by atoms with Crippen molar-refractivity contribution in [2.75, 3.05) is 21.3 Å². The van der Waals surface area contributed by atoms with Crippen molar-refractivity contribution in [2.24, 2.45) is 0 Å². The van der Waals surface area contributed by atoms with E-state index in [2.05, 4.69) is 30.8 Å². The molecule has 2 aliphatic rings. The Balaban J connectivity index is 0.000000158. The third-order valence-electron chi connectivity index (χ3n) is 2.32. The number of fused-ring (bicyclic) bond motifs is 1. The zero-order valence-electron chi connectivity index (χ0n) is 9.32. The van der Waals surface area contributed by atoms with Gasteiger partial charge in [-0.15, -0.1) is 0 Å². The molecule has 0 aliphatic heterocycles. The van der Waals surface area contributed by atoms with Crippen LogP contribution in [0.1, 0.15) is 0 Å². The first-order valence-corrected chi connectivity index (χ1v) is 6.41. The Hall–Kier alpha value is -0.943. The minimum absolute atomic E-state index is 1.43. The van der Waals surface area contributed by atoms with Crippen molar-refractivity contribution in [3.8, 4) is 11.1 Å². The van der Waals surface area contributed by atoms with Crippen LogP contribution in [0.3, 0.4) is 0 Å². The van der Waals surface area contributed by atoms with Crippen molar-refractivity contribution in [1.29, 1.82) is 0 Å². The summed E-state index contributed by atoms with van der Waals surface area (Å²) >= 11 is 0. The summed E-state index contributed by atoms with van der Waals surface area (Å²) in [4.78, 5) is 0. The Morgan fingerprint density at radius 1 is 0.933 bits per heavy atom. The maximum atomic E-state index is 4.96. The van der Waals surface area contributed by atoms with Crippen molar-refractivity contribution < 1.29 is 13.3 Å². The molecule has 0 atom stereocenters. The molecule has 0 fully saturated rings. The molecule has 0 spiro atoms. The lowest BCUT2D eigenvalue weighted by atomic mass is 9.95. The Morgan fingerprint density at radius 2 is 1.27 bits per heavy atom. The number of hydrogen-bond acceptors (Lipinski definition) is 3. The van der Waals surface area contributed by atoms with Gasteiger partial charge in [0.25, 0.3) is 0 Å². The Morgan fingerprint density at radius 3 is 1.27 bits per heavy atom. The standard InChI is InChI=1S/C6H4.C5H12O3Si/c1-2-6-4-3-5(1)6;1-5-9(6-2,7-3)8-4/h1-4H;5H,1H2,2-4H3. The minimum Gasteiger partial charge on any atom is -0.374 e. The van der Waals surface area contributed by atoms with Crippen molar-refractivity contribution in [3.63, 3.8) is 0 Å². The smallest absolute Gasteiger partial charge is 0.374 e. The molecule has 4 heteroatoms. The lowest BCUT2D eigenvalue weighted by Crippen LogP contribution is -2.40. The summed E-state index contributed by atoms with van der Waals surface area (Å²) in [7, 11) is 2.20. The average Bonchev–Trinajstić information content (AvgIpc) is 2.28. The van der Waals surface area contributed by atoms with Crippen molar-refractivity contribution >= 4 is 8.80 Å². The molecule has 0 saturated carbocycles. The second kappa shape index (κ2) is 5.23. The molecule has 0 radical (unpaired) electrons. The van der Waals surface area contributed by atoms with E-state index < -0.39 is 8.80 Å². The normalized spacial score (nSPS) is 11.4. The zero-order chi connectivity index (χ0) is 11.3. The van der Waals surface area contributed by atoms with Gasteiger partial charge in [0.1, 0.15) is 0 Å². The fraction of sp³-hybridized carbons (Fsp3) is 0.273. The quantitative estimate of drug-likeness (QED) is 0.746. The van der Waals surface area contributed by atoms with Crippen molar-refractivity contribution in [2.45, 2.75) is 0 Å². The van der Waals surface area contributed by atoms with E-state index in [9.17, 15) is 0 Å². The molecule has 2 rings (SSSR count). The molecule has 82 valence electrons. The first-order valence-electron chi connectivity index (χ1n) is 4.61. The predicted octanol–water partition coefficient (Wildman–Crippen LogP) is 2.26. The topological polar surface area (TPSA) is 27.7 Å². The summed E-state index contributed by atoms with van der Waals surface area (Å²) in [5, 5.41) is 0. The van der Waals surface area contributed by atoms with Crippen LogP contribution in [0.2, 0.25) is 0 Å². The van der Waals surface area contributed by atoms with Crippen molar-refractivity contribution in [1.82, 2.24) is 0 Å². The molecule has 0 aromatic carbocycles. The maximum Gasteiger partial charge on any atom is 0.528 e. The minimum atomic E-state index is -2.43. The molecule has 0 bridgehead atoms. The maximum absolute atomic E-state index is 4.96. The summed E-state index contributed by atoms with van der Waals surface area (Å²) in [6.45, 7) is 3.53. The highest BCUT2D eigenvalue weighted by Gasteiger charge is 2.33. The highest BCUT2D eigenvalue weighted by atomic mass is 28.4. The van der Waals surface area contributed by atoms with Gasteiger partial charge in [-0.05, 0) is 16.8 Å². The molecule has 2 aliphatic carbocycles. The van der Waals surface area contributed by atoms with Gasteiger partial charge < -0.3 is 13.3 Å². The van der Waals surface area contributed by atoms with E-state index in [1.165, 1.54) is 11.1 Å². The highest BCUT2D eigenvalue weighted by molar-refractivity contribution is 6.66. The molecule has 0 amide bonds. The van der Waals surface area contributed by atoms with Gasteiger partial charge in [-0.25, -0.2) is 0 Å². The van der Waals surface area contributed by atoms with Crippen LogP contribution in [0.5, 0.6) is 0 Å². The van der Waals surface area contributed by atoms with Gasteiger partial charge in [-0.3, -0.25) is 0 Å². The molecule has 0 aromatic rings. The van der Waals surface area contributed by atoms with E-state index in [1.54, 1.807) is 27.0 Å².